The maximum Gasteiger partial charge on any atom is 0.410 e. The maximum absolute atomic E-state index is 15.0. The van der Waals surface area contributed by atoms with E-state index in [9.17, 15) is 14.0 Å². The van der Waals surface area contributed by atoms with Crippen LogP contribution in [0.15, 0.2) is 24.3 Å². The molecule has 1 aromatic carbocycles. The molecule has 3 aliphatic heterocycles. The lowest BCUT2D eigenvalue weighted by atomic mass is 9.98. The number of halogens is 2. The van der Waals surface area contributed by atoms with Crippen LogP contribution in [0.1, 0.15) is 45.0 Å². The third-order valence-corrected chi connectivity index (χ3v) is 8.20. The van der Waals surface area contributed by atoms with Gasteiger partial charge >= 0.3 is 6.09 Å². The number of hydrogen-bond acceptors (Lipinski definition) is 7. The van der Waals surface area contributed by atoms with Gasteiger partial charge in [0.05, 0.1) is 11.7 Å². The van der Waals surface area contributed by atoms with Crippen molar-refractivity contribution in [2.24, 2.45) is 0 Å². The average Bonchev–Trinajstić information content (AvgIpc) is 3.02. The fraction of sp³-hybridized carbons (Fsp3) is 0.552. The van der Waals surface area contributed by atoms with Crippen molar-refractivity contribution in [1.29, 1.82) is 0 Å². The van der Waals surface area contributed by atoms with Crippen molar-refractivity contribution in [3.05, 3.63) is 40.7 Å². The third-order valence-electron chi connectivity index (χ3n) is 7.85. The molecule has 2 saturated heterocycles. The van der Waals surface area contributed by atoms with Crippen LogP contribution < -0.4 is 9.64 Å². The Morgan fingerprint density at radius 3 is 2.58 bits per heavy atom. The molecule has 2 amide bonds. The SMILES string of the molecule is CN1CCN(c2nc(-c3ccccc3F)c(Cl)c3c2C(=O)N2CCN(C(=O)OC(C)(C)C)C[C@@H]2CO3)CC1(C)C. The Hall–Kier alpha value is -3.11. The Bertz CT molecular complexity index is 1330. The largest absolute Gasteiger partial charge is 0.489 e. The Morgan fingerprint density at radius 2 is 1.90 bits per heavy atom. The van der Waals surface area contributed by atoms with Gasteiger partial charge in [0.2, 0.25) is 0 Å². The molecule has 2 fully saturated rings. The number of pyridine rings is 1. The Kier molecular flexibility index (Phi) is 7.37. The maximum atomic E-state index is 15.0. The Labute approximate surface area is 239 Å². The summed E-state index contributed by atoms with van der Waals surface area (Å²) in [5.41, 5.74) is -0.0832. The van der Waals surface area contributed by atoms with Crippen LogP contribution >= 0.6 is 11.6 Å². The van der Waals surface area contributed by atoms with Gasteiger partial charge in [0.1, 0.15) is 34.4 Å². The van der Waals surface area contributed by atoms with E-state index in [2.05, 4.69) is 30.7 Å². The first kappa shape index (κ1) is 28.4. The van der Waals surface area contributed by atoms with Crippen LogP contribution in [-0.2, 0) is 4.74 Å². The van der Waals surface area contributed by atoms with Crippen LogP contribution in [0.3, 0.4) is 0 Å². The van der Waals surface area contributed by atoms with Crippen molar-refractivity contribution in [1.82, 2.24) is 19.7 Å². The van der Waals surface area contributed by atoms with Crippen LogP contribution in [0.25, 0.3) is 11.3 Å². The smallest absolute Gasteiger partial charge is 0.410 e. The molecular formula is C29H37ClFN5O4. The lowest BCUT2D eigenvalue weighted by Crippen LogP contribution is -2.59. The highest BCUT2D eigenvalue weighted by molar-refractivity contribution is 6.35. The number of amides is 2. The zero-order valence-electron chi connectivity index (χ0n) is 24.0. The molecule has 1 atom stereocenters. The van der Waals surface area contributed by atoms with E-state index in [1.165, 1.54) is 6.07 Å². The summed E-state index contributed by atoms with van der Waals surface area (Å²) in [5.74, 6) is -0.0987. The van der Waals surface area contributed by atoms with E-state index in [4.69, 9.17) is 26.1 Å². The quantitative estimate of drug-likeness (QED) is 0.522. The van der Waals surface area contributed by atoms with E-state index in [1.807, 2.05) is 20.8 Å². The first-order chi connectivity index (χ1) is 18.8. The lowest BCUT2D eigenvalue weighted by Gasteiger charge is -2.46. The molecule has 5 rings (SSSR count). The van der Waals surface area contributed by atoms with Gasteiger partial charge in [-0.05, 0) is 53.8 Å². The number of carbonyl (C=O) groups excluding carboxylic acids is 2. The second-order valence-corrected chi connectivity index (χ2v) is 12.7. The molecule has 0 aliphatic carbocycles. The van der Waals surface area contributed by atoms with E-state index in [-0.39, 0.29) is 52.2 Å². The van der Waals surface area contributed by atoms with Crippen LogP contribution in [0.2, 0.25) is 5.02 Å². The normalized spacial score (nSPS) is 21.4. The number of fused-ring (bicyclic) bond motifs is 2. The Morgan fingerprint density at radius 1 is 1.18 bits per heavy atom. The van der Waals surface area contributed by atoms with Gasteiger partial charge in [-0.1, -0.05) is 23.7 Å². The summed E-state index contributed by atoms with van der Waals surface area (Å²) in [4.78, 5) is 39.6. The summed E-state index contributed by atoms with van der Waals surface area (Å²) >= 11 is 6.87. The molecule has 216 valence electrons. The van der Waals surface area contributed by atoms with Crippen molar-refractivity contribution in [3.8, 4) is 17.0 Å². The predicted molar refractivity (Wildman–Crippen MR) is 152 cm³/mol. The second-order valence-electron chi connectivity index (χ2n) is 12.3. The molecule has 0 spiro atoms. The molecule has 0 radical (unpaired) electrons. The highest BCUT2D eigenvalue weighted by Gasteiger charge is 2.43. The van der Waals surface area contributed by atoms with Gasteiger partial charge in [-0.3, -0.25) is 9.69 Å². The van der Waals surface area contributed by atoms with Gasteiger partial charge in [-0.25, -0.2) is 14.2 Å². The number of aromatic nitrogens is 1. The first-order valence-electron chi connectivity index (χ1n) is 13.6. The minimum absolute atomic E-state index is 0.0921. The minimum atomic E-state index is -0.631. The Balaban J connectivity index is 1.57. The van der Waals surface area contributed by atoms with E-state index in [0.29, 0.717) is 32.0 Å². The minimum Gasteiger partial charge on any atom is -0.489 e. The molecule has 2 aromatic rings. The van der Waals surface area contributed by atoms with E-state index in [1.54, 1.807) is 28.0 Å². The standard InChI is InChI=1S/C29H37ClFN5O4/c1-28(2,3)40-27(38)34-13-14-36-18(15-34)16-39-24-21(26(36)37)25(35-12-11-33(6)29(4,5)17-35)32-23(22(24)30)19-9-7-8-10-20(19)31/h7-10,18H,11-17H2,1-6H3/t18-/m1/s1. The van der Waals surface area contributed by atoms with Crippen LogP contribution in [0, 0.1) is 5.82 Å². The molecule has 0 N–H and O–H groups in total. The average molecular weight is 574 g/mol. The van der Waals surface area contributed by atoms with Crippen molar-refractivity contribution in [3.63, 3.8) is 0 Å². The molecule has 40 heavy (non-hydrogen) atoms. The predicted octanol–water partition coefficient (Wildman–Crippen LogP) is 4.53. The fourth-order valence-corrected chi connectivity index (χ4v) is 5.71. The number of benzene rings is 1. The number of rotatable bonds is 2. The summed E-state index contributed by atoms with van der Waals surface area (Å²) in [7, 11) is 2.07. The number of piperazine rings is 2. The van der Waals surface area contributed by atoms with Gasteiger partial charge in [-0.15, -0.1) is 0 Å². The zero-order valence-corrected chi connectivity index (χ0v) is 24.7. The number of ether oxygens (including phenoxy) is 2. The number of anilines is 1. The van der Waals surface area contributed by atoms with Gasteiger partial charge in [0.15, 0.2) is 5.75 Å². The third kappa shape index (κ3) is 5.31. The zero-order chi connectivity index (χ0) is 29.0. The molecule has 9 nitrogen and oxygen atoms in total. The first-order valence-corrected chi connectivity index (χ1v) is 14.0. The molecular weight excluding hydrogens is 537 g/mol. The van der Waals surface area contributed by atoms with Gasteiger partial charge in [0.25, 0.3) is 5.91 Å². The van der Waals surface area contributed by atoms with Gasteiger partial charge in [-0.2, -0.15) is 0 Å². The summed E-state index contributed by atoms with van der Waals surface area (Å²) in [6.07, 6.45) is -0.428. The topological polar surface area (TPSA) is 78.5 Å². The summed E-state index contributed by atoms with van der Waals surface area (Å²) in [5, 5.41) is 0.0921. The van der Waals surface area contributed by atoms with E-state index >= 15 is 0 Å². The van der Waals surface area contributed by atoms with E-state index < -0.39 is 23.6 Å². The summed E-state index contributed by atoms with van der Waals surface area (Å²) < 4.78 is 26.8. The number of nitrogens with zero attached hydrogens (tertiary/aromatic N) is 5. The molecule has 0 saturated carbocycles. The molecule has 11 heteroatoms. The van der Waals surface area contributed by atoms with Crippen LogP contribution in [0.5, 0.6) is 5.75 Å². The van der Waals surface area contributed by atoms with Crippen molar-refractivity contribution >= 4 is 29.4 Å². The highest BCUT2D eigenvalue weighted by atomic mass is 35.5. The monoisotopic (exact) mass is 573 g/mol. The van der Waals surface area contributed by atoms with Crippen LogP contribution in [0.4, 0.5) is 15.0 Å². The van der Waals surface area contributed by atoms with Crippen molar-refractivity contribution < 1.29 is 23.5 Å². The number of carbonyl (C=O) groups is 2. The molecule has 0 bridgehead atoms. The van der Waals surface area contributed by atoms with Crippen molar-refractivity contribution in [2.45, 2.75) is 51.8 Å². The molecule has 3 aliphatic rings. The van der Waals surface area contributed by atoms with Gasteiger partial charge in [0, 0.05) is 50.4 Å². The second kappa shape index (κ2) is 10.4. The van der Waals surface area contributed by atoms with Crippen molar-refractivity contribution in [2.75, 3.05) is 57.8 Å². The van der Waals surface area contributed by atoms with Gasteiger partial charge < -0.3 is 24.2 Å². The number of hydrogen-bond donors (Lipinski definition) is 0. The number of likely N-dealkylation sites (N-methyl/N-ethyl adjacent to an activating group) is 1. The van der Waals surface area contributed by atoms with Crippen LogP contribution in [-0.4, -0.2) is 102 Å². The summed E-state index contributed by atoms with van der Waals surface area (Å²) in [6, 6.07) is 5.89. The molecule has 1 aromatic heterocycles. The summed E-state index contributed by atoms with van der Waals surface area (Å²) in [6.45, 7) is 12.7. The highest BCUT2D eigenvalue weighted by Crippen LogP contribution is 2.44. The molecule has 4 heterocycles. The fourth-order valence-electron chi connectivity index (χ4n) is 5.42. The lowest BCUT2D eigenvalue weighted by molar-refractivity contribution is 0.000953. The molecule has 0 unspecified atom stereocenters. The van der Waals surface area contributed by atoms with E-state index in [0.717, 1.165) is 6.54 Å².